The molecule has 7 nitrogen and oxygen atoms in total. The smallest absolute Gasteiger partial charge is 0.254 e. The minimum Gasteiger partial charge on any atom is -0.379 e. The Kier molecular flexibility index (Phi) is 5.51. The average Bonchev–Trinajstić information content (AvgIpc) is 2.48. The van der Waals surface area contributed by atoms with Gasteiger partial charge >= 0.3 is 0 Å². The maximum atomic E-state index is 11.4. The quantitative estimate of drug-likeness (QED) is 0.514. The van der Waals surface area contributed by atoms with Crippen LogP contribution < -0.4 is 16.4 Å². The predicted octanol–water partition coefficient (Wildman–Crippen LogP) is 1.15. The van der Waals surface area contributed by atoms with E-state index in [0.29, 0.717) is 24.9 Å². The maximum absolute atomic E-state index is 11.4. The predicted molar refractivity (Wildman–Crippen MR) is 81.3 cm³/mol. The third-order valence-corrected chi connectivity index (χ3v) is 3.19. The molecule has 0 aliphatic carbocycles. The number of nitrogens with one attached hydrogen (secondary N) is 2. The SMILES string of the molecule is C=CCCNc1nc(N[C@H]2CCCOC2)ncc1C(N)=O. The molecule has 1 saturated heterocycles. The third-order valence-electron chi connectivity index (χ3n) is 3.19. The van der Waals surface area contributed by atoms with Gasteiger partial charge in [-0.25, -0.2) is 4.98 Å². The van der Waals surface area contributed by atoms with Gasteiger partial charge in [0.05, 0.1) is 18.2 Å². The Morgan fingerprint density at radius 2 is 2.48 bits per heavy atom. The molecule has 0 spiro atoms. The Balaban J connectivity index is 2.09. The molecule has 1 aromatic heterocycles. The Hall–Kier alpha value is -2.15. The molecule has 1 aromatic rings. The maximum Gasteiger partial charge on any atom is 0.254 e. The number of aromatic nitrogens is 2. The summed E-state index contributed by atoms with van der Waals surface area (Å²) in [6.07, 6.45) is 6.03. The molecule has 1 fully saturated rings. The lowest BCUT2D eigenvalue weighted by Gasteiger charge is -2.23. The van der Waals surface area contributed by atoms with Gasteiger partial charge in [-0.1, -0.05) is 6.08 Å². The number of nitrogens with zero attached hydrogens (tertiary/aromatic N) is 2. The van der Waals surface area contributed by atoms with Crippen molar-refractivity contribution in [2.24, 2.45) is 5.73 Å². The highest BCUT2D eigenvalue weighted by molar-refractivity contribution is 5.97. The van der Waals surface area contributed by atoms with Crippen LogP contribution in [0.3, 0.4) is 0 Å². The molecular weight excluding hydrogens is 270 g/mol. The minimum atomic E-state index is -0.552. The first kappa shape index (κ1) is 15.2. The van der Waals surface area contributed by atoms with E-state index in [0.717, 1.165) is 25.9 Å². The topological polar surface area (TPSA) is 102 Å². The van der Waals surface area contributed by atoms with Gasteiger partial charge in [-0.2, -0.15) is 4.98 Å². The number of hydrogen-bond donors (Lipinski definition) is 3. The molecule has 2 heterocycles. The van der Waals surface area contributed by atoms with Crippen LogP contribution in [0.4, 0.5) is 11.8 Å². The van der Waals surface area contributed by atoms with Gasteiger partial charge in [0, 0.05) is 19.3 Å². The number of anilines is 2. The van der Waals surface area contributed by atoms with Gasteiger partial charge in [0.1, 0.15) is 5.82 Å². The summed E-state index contributed by atoms with van der Waals surface area (Å²) in [6, 6.07) is 0.194. The highest BCUT2D eigenvalue weighted by Gasteiger charge is 2.16. The summed E-state index contributed by atoms with van der Waals surface area (Å²) in [6.45, 7) is 5.72. The fourth-order valence-corrected chi connectivity index (χ4v) is 2.10. The molecule has 2 rings (SSSR count). The molecule has 4 N–H and O–H groups in total. The molecule has 7 heteroatoms. The second kappa shape index (κ2) is 7.58. The second-order valence-corrected chi connectivity index (χ2v) is 4.88. The summed E-state index contributed by atoms with van der Waals surface area (Å²) in [4.78, 5) is 19.9. The Bertz CT molecular complexity index is 500. The van der Waals surface area contributed by atoms with Gasteiger partial charge in [-0.3, -0.25) is 4.79 Å². The van der Waals surface area contributed by atoms with Crippen molar-refractivity contribution in [1.82, 2.24) is 9.97 Å². The molecule has 114 valence electrons. The minimum absolute atomic E-state index is 0.194. The summed E-state index contributed by atoms with van der Waals surface area (Å²) in [5, 5.41) is 6.30. The van der Waals surface area contributed by atoms with E-state index in [2.05, 4.69) is 27.2 Å². The fraction of sp³-hybridized carbons (Fsp3) is 0.500. The Morgan fingerprint density at radius 3 is 3.14 bits per heavy atom. The standard InChI is InChI=1S/C14H21N5O2/c1-2-3-6-16-13-11(12(15)20)8-17-14(19-13)18-10-5-4-7-21-9-10/h2,8,10H,1,3-7,9H2,(H2,15,20)(H2,16,17,18,19)/t10-/m0/s1. The van der Waals surface area contributed by atoms with Crippen molar-refractivity contribution < 1.29 is 9.53 Å². The van der Waals surface area contributed by atoms with Crippen LogP contribution in [-0.4, -0.2) is 41.7 Å². The van der Waals surface area contributed by atoms with Crippen molar-refractivity contribution in [3.8, 4) is 0 Å². The van der Waals surface area contributed by atoms with E-state index in [9.17, 15) is 4.79 Å². The lowest BCUT2D eigenvalue weighted by atomic mass is 10.1. The van der Waals surface area contributed by atoms with E-state index in [1.165, 1.54) is 6.20 Å². The third kappa shape index (κ3) is 4.42. The number of carbonyl (C=O) groups excluding carboxylic acids is 1. The van der Waals surface area contributed by atoms with Crippen molar-refractivity contribution in [2.45, 2.75) is 25.3 Å². The van der Waals surface area contributed by atoms with E-state index >= 15 is 0 Å². The monoisotopic (exact) mass is 291 g/mol. The first-order chi connectivity index (χ1) is 10.2. The number of hydrogen-bond acceptors (Lipinski definition) is 6. The first-order valence-electron chi connectivity index (χ1n) is 7.06. The zero-order valence-corrected chi connectivity index (χ0v) is 12.0. The molecule has 21 heavy (non-hydrogen) atoms. The second-order valence-electron chi connectivity index (χ2n) is 4.88. The van der Waals surface area contributed by atoms with Crippen LogP contribution in [0.5, 0.6) is 0 Å². The van der Waals surface area contributed by atoms with Crippen molar-refractivity contribution in [2.75, 3.05) is 30.4 Å². The molecule has 1 aliphatic rings. The van der Waals surface area contributed by atoms with Crippen molar-refractivity contribution in [3.63, 3.8) is 0 Å². The molecule has 1 atom stereocenters. The molecule has 1 amide bonds. The molecule has 0 saturated carbocycles. The van der Waals surface area contributed by atoms with Gasteiger partial charge in [0.15, 0.2) is 0 Å². The molecule has 0 bridgehead atoms. The van der Waals surface area contributed by atoms with Crippen molar-refractivity contribution >= 4 is 17.7 Å². The van der Waals surface area contributed by atoms with Gasteiger partial charge in [-0.05, 0) is 19.3 Å². The number of amides is 1. The van der Waals surface area contributed by atoms with E-state index in [1.54, 1.807) is 6.08 Å². The van der Waals surface area contributed by atoms with Crippen LogP contribution in [0.25, 0.3) is 0 Å². The van der Waals surface area contributed by atoms with Gasteiger partial charge in [0.2, 0.25) is 5.95 Å². The number of carbonyl (C=O) groups is 1. The summed E-state index contributed by atoms with van der Waals surface area (Å²) in [5.41, 5.74) is 5.62. The van der Waals surface area contributed by atoms with Crippen molar-refractivity contribution in [1.29, 1.82) is 0 Å². The van der Waals surface area contributed by atoms with Crippen LogP contribution >= 0.6 is 0 Å². The molecule has 0 radical (unpaired) electrons. The number of nitrogens with two attached hydrogens (primary N) is 1. The Morgan fingerprint density at radius 1 is 1.62 bits per heavy atom. The van der Waals surface area contributed by atoms with Gasteiger partial charge in [-0.15, -0.1) is 6.58 Å². The van der Waals surface area contributed by atoms with E-state index in [-0.39, 0.29) is 11.6 Å². The highest BCUT2D eigenvalue weighted by Crippen LogP contribution is 2.16. The van der Waals surface area contributed by atoms with E-state index in [1.807, 2.05) is 0 Å². The highest BCUT2D eigenvalue weighted by atomic mass is 16.5. The van der Waals surface area contributed by atoms with Crippen LogP contribution in [0, 0.1) is 0 Å². The zero-order chi connectivity index (χ0) is 15.1. The summed E-state index contributed by atoms with van der Waals surface area (Å²) in [7, 11) is 0. The van der Waals surface area contributed by atoms with Crippen LogP contribution in [-0.2, 0) is 4.74 Å². The molecule has 0 unspecified atom stereocenters. The normalized spacial score (nSPS) is 18.0. The first-order valence-corrected chi connectivity index (χ1v) is 7.06. The van der Waals surface area contributed by atoms with Crippen LogP contribution in [0.15, 0.2) is 18.9 Å². The van der Waals surface area contributed by atoms with E-state index < -0.39 is 5.91 Å². The molecular formula is C14H21N5O2. The number of ether oxygens (including phenoxy) is 1. The summed E-state index contributed by atoms with van der Waals surface area (Å²) < 4.78 is 5.41. The molecule has 0 aromatic carbocycles. The van der Waals surface area contributed by atoms with Crippen molar-refractivity contribution in [3.05, 3.63) is 24.4 Å². The largest absolute Gasteiger partial charge is 0.379 e. The van der Waals surface area contributed by atoms with E-state index in [4.69, 9.17) is 10.5 Å². The van der Waals surface area contributed by atoms with Gasteiger partial charge in [0.25, 0.3) is 5.91 Å². The lowest BCUT2D eigenvalue weighted by Crippen LogP contribution is -2.31. The number of rotatable bonds is 7. The summed E-state index contributed by atoms with van der Waals surface area (Å²) in [5.74, 6) is 0.360. The Labute approximate surface area is 124 Å². The summed E-state index contributed by atoms with van der Waals surface area (Å²) >= 11 is 0. The molecule has 1 aliphatic heterocycles. The fourth-order valence-electron chi connectivity index (χ4n) is 2.10. The number of primary amides is 1. The lowest BCUT2D eigenvalue weighted by molar-refractivity contribution is 0.0874. The van der Waals surface area contributed by atoms with Crippen LogP contribution in [0.2, 0.25) is 0 Å². The zero-order valence-electron chi connectivity index (χ0n) is 12.0. The van der Waals surface area contributed by atoms with Crippen LogP contribution in [0.1, 0.15) is 29.6 Å². The average molecular weight is 291 g/mol. The van der Waals surface area contributed by atoms with Gasteiger partial charge < -0.3 is 21.1 Å².